The van der Waals surface area contributed by atoms with Gasteiger partial charge in [-0.3, -0.25) is 4.79 Å². The van der Waals surface area contributed by atoms with Crippen LogP contribution in [0.25, 0.3) is 11.4 Å². The van der Waals surface area contributed by atoms with Crippen molar-refractivity contribution in [3.8, 4) is 17.1 Å². The molecule has 6 nitrogen and oxygen atoms in total. The van der Waals surface area contributed by atoms with Gasteiger partial charge in [0.2, 0.25) is 5.91 Å². The van der Waals surface area contributed by atoms with Crippen molar-refractivity contribution >= 4 is 19.2 Å². The number of carbonyl (C=O) groups excluding carboxylic acids is 1. The van der Waals surface area contributed by atoms with Gasteiger partial charge in [-0.15, -0.1) is 10.2 Å². The Morgan fingerprint density at radius 2 is 1.80 bits per heavy atom. The quantitative estimate of drug-likeness (QED) is 0.651. The average Bonchev–Trinajstić information content (AvgIpc) is 3.04. The van der Waals surface area contributed by atoms with E-state index < -0.39 is 23.2 Å². The highest BCUT2D eigenvalue weighted by Crippen LogP contribution is 2.37. The van der Waals surface area contributed by atoms with Crippen LogP contribution in [0.4, 0.5) is 13.2 Å². The summed E-state index contributed by atoms with van der Waals surface area (Å²) in [6.45, 7) is 3.36. The van der Waals surface area contributed by atoms with Gasteiger partial charge in [0, 0.05) is 18.2 Å². The van der Waals surface area contributed by atoms with Crippen LogP contribution in [0.2, 0.25) is 0 Å². The van der Waals surface area contributed by atoms with Gasteiger partial charge in [0.15, 0.2) is 17.2 Å². The molecule has 1 aromatic heterocycles. The van der Waals surface area contributed by atoms with Crippen molar-refractivity contribution in [2.45, 2.75) is 25.6 Å². The lowest BCUT2D eigenvalue weighted by Crippen LogP contribution is -2.31. The fourth-order valence-electron chi connectivity index (χ4n) is 3.13. The molecule has 1 amide bonds. The molecule has 3 rings (SSSR count). The van der Waals surface area contributed by atoms with Crippen LogP contribution in [0.3, 0.4) is 0 Å². The van der Waals surface area contributed by atoms with Gasteiger partial charge in [-0.25, -0.2) is 0 Å². The Bertz CT molecular complexity index is 1110. The van der Waals surface area contributed by atoms with Crippen LogP contribution in [0, 0.1) is 0 Å². The largest absolute Gasteiger partial charge is 0.480 e. The van der Waals surface area contributed by atoms with E-state index in [1.54, 1.807) is 20.9 Å². The third-order valence-electron chi connectivity index (χ3n) is 4.55. The van der Waals surface area contributed by atoms with E-state index >= 15 is 0 Å². The second kappa shape index (κ2) is 7.51. The summed E-state index contributed by atoms with van der Waals surface area (Å²) in [5.41, 5.74) is 3.64. The lowest BCUT2D eigenvalue weighted by Gasteiger charge is -2.27. The Hall–Kier alpha value is -3.30. The highest BCUT2D eigenvalue weighted by Gasteiger charge is 2.36. The molecule has 0 fully saturated rings. The summed E-state index contributed by atoms with van der Waals surface area (Å²) in [5.74, 6) is -0.0291. The Morgan fingerprint density at radius 3 is 2.40 bits per heavy atom. The SMILES string of the molecule is [B]c1cc(C(N)=O)ccc1OC(C)(C)c1nnc(-c2ccccc2C(F)(F)F)n1C. The number of carbonyl (C=O) groups is 1. The number of ether oxygens (including phenoxy) is 1. The maximum Gasteiger partial charge on any atom is 0.417 e. The van der Waals surface area contributed by atoms with Crippen molar-refractivity contribution < 1.29 is 22.7 Å². The van der Waals surface area contributed by atoms with Crippen LogP contribution in [-0.2, 0) is 18.8 Å². The summed E-state index contributed by atoms with van der Waals surface area (Å²) in [7, 11) is 7.50. The normalized spacial score (nSPS) is 12.1. The van der Waals surface area contributed by atoms with E-state index in [1.165, 1.54) is 41.0 Å². The molecule has 10 heteroatoms. The number of primary amides is 1. The van der Waals surface area contributed by atoms with Crippen LogP contribution in [0.5, 0.6) is 5.75 Å². The molecule has 2 N–H and O–H groups in total. The number of aromatic nitrogens is 3. The number of nitrogens with two attached hydrogens (primary N) is 1. The second-order valence-electron chi connectivity index (χ2n) is 7.18. The monoisotopic (exact) mass is 414 g/mol. The molecule has 0 unspecified atom stereocenters. The Morgan fingerprint density at radius 1 is 1.13 bits per heavy atom. The lowest BCUT2D eigenvalue weighted by molar-refractivity contribution is -0.137. The van der Waals surface area contributed by atoms with Gasteiger partial charge in [-0.2, -0.15) is 13.2 Å². The molecule has 0 spiro atoms. The highest BCUT2D eigenvalue weighted by molar-refractivity contribution is 6.34. The molecule has 0 atom stereocenters. The summed E-state index contributed by atoms with van der Waals surface area (Å²) < 4.78 is 47.6. The smallest absolute Gasteiger partial charge is 0.417 e. The van der Waals surface area contributed by atoms with Crippen LogP contribution < -0.4 is 15.9 Å². The first-order chi connectivity index (χ1) is 13.9. The van der Waals surface area contributed by atoms with Gasteiger partial charge in [0.05, 0.1) is 5.56 Å². The highest BCUT2D eigenvalue weighted by atomic mass is 19.4. The van der Waals surface area contributed by atoms with Gasteiger partial charge in [0.1, 0.15) is 13.6 Å². The first-order valence-electron chi connectivity index (χ1n) is 8.86. The van der Waals surface area contributed by atoms with Crippen molar-refractivity contribution in [1.82, 2.24) is 14.8 Å². The molecule has 0 saturated carbocycles. The minimum absolute atomic E-state index is 0.0478. The standard InChI is InChI=1S/C20H18BF3N4O2/c1-19(2,30-15-9-8-11(16(25)29)10-14(15)21)18-27-26-17(28(18)3)12-6-4-5-7-13(12)20(22,23)24/h4-10H,1-3H3,(H2,25,29). The molecule has 154 valence electrons. The Kier molecular flexibility index (Phi) is 5.36. The third-order valence-corrected chi connectivity index (χ3v) is 4.55. The Balaban J connectivity index is 1.99. The lowest BCUT2D eigenvalue weighted by atomic mass is 9.92. The van der Waals surface area contributed by atoms with Crippen molar-refractivity contribution in [3.63, 3.8) is 0 Å². The number of benzene rings is 2. The van der Waals surface area contributed by atoms with Crippen LogP contribution >= 0.6 is 0 Å². The van der Waals surface area contributed by atoms with Crippen molar-refractivity contribution in [1.29, 1.82) is 0 Å². The molecule has 2 aromatic carbocycles. The number of amides is 1. The maximum absolute atomic E-state index is 13.4. The van der Waals surface area contributed by atoms with Crippen LogP contribution in [-0.4, -0.2) is 28.5 Å². The first kappa shape index (κ1) is 21.4. The van der Waals surface area contributed by atoms with Gasteiger partial charge in [0.25, 0.3) is 0 Å². The predicted molar refractivity (Wildman–Crippen MR) is 105 cm³/mol. The fourth-order valence-corrected chi connectivity index (χ4v) is 3.13. The average molecular weight is 414 g/mol. The van der Waals surface area contributed by atoms with Gasteiger partial charge < -0.3 is 15.0 Å². The molecule has 2 radical (unpaired) electrons. The molecule has 0 aliphatic rings. The number of halogens is 3. The van der Waals surface area contributed by atoms with E-state index in [-0.39, 0.29) is 34.0 Å². The number of nitrogens with zero attached hydrogens (tertiary/aromatic N) is 3. The minimum Gasteiger partial charge on any atom is -0.480 e. The number of rotatable bonds is 5. The van der Waals surface area contributed by atoms with E-state index in [0.29, 0.717) is 0 Å². The molecule has 1 heterocycles. The molecule has 3 aromatic rings. The van der Waals surface area contributed by atoms with E-state index in [4.69, 9.17) is 18.3 Å². The van der Waals surface area contributed by atoms with Crippen LogP contribution in [0.15, 0.2) is 42.5 Å². The zero-order valence-corrected chi connectivity index (χ0v) is 16.5. The van der Waals surface area contributed by atoms with Crippen molar-refractivity contribution in [3.05, 3.63) is 59.4 Å². The van der Waals surface area contributed by atoms with Gasteiger partial charge in [-0.05, 0) is 32.0 Å². The zero-order valence-electron chi connectivity index (χ0n) is 16.5. The summed E-state index contributed by atoms with van der Waals surface area (Å²) >= 11 is 0. The molecule has 0 aliphatic carbocycles. The second-order valence-corrected chi connectivity index (χ2v) is 7.18. The third kappa shape index (κ3) is 4.03. The minimum atomic E-state index is -4.54. The Labute approximate surface area is 172 Å². The number of alkyl halides is 3. The molecule has 30 heavy (non-hydrogen) atoms. The van der Waals surface area contributed by atoms with E-state index in [9.17, 15) is 18.0 Å². The van der Waals surface area contributed by atoms with Gasteiger partial charge in [-0.1, -0.05) is 29.7 Å². The molecule has 0 bridgehead atoms. The maximum atomic E-state index is 13.4. The topological polar surface area (TPSA) is 83.0 Å². The molecular formula is C20H18BF3N4O2. The zero-order chi connectivity index (χ0) is 22.3. The van der Waals surface area contributed by atoms with Crippen molar-refractivity contribution in [2.24, 2.45) is 12.8 Å². The first-order valence-corrected chi connectivity index (χ1v) is 8.86. The van der Waals surface area contributed by atoms with E-state index in [1.807, 2.05) is 0 Å². The van der Waals surface area contributed by atoms with E-state index in [2.05, 4.69) is 10.2 Å². The molecular weight excluding hydrogens is 396 g/mol. The number of hydrogen-bond donors (Lipinski definition) is 1. The van der Waals surface area contributed by atoms with Crippen molar-refractivity contribution in [2.75, 3.05) is 0 Å². The summed E-state index contributed by atoms with van der Waals surface area (Å²) in [4.78, 5) is 11.3. The van der Waals surface area contributed by atoms with Gasteiger partial charge >= 0.3 is 6.18 Å². The molecule has 0 saturated heterocycles. The van der Waals surface area contributed by atoms with E-state index in [0.717, 1.165) is 6.07 Å². The summed E-state index contributed by atoms with van der Waals surface area (Å²) in [6.07, 6.45) is -4.54. The summed E-state index contributed by atoms with van der Waals surface area (Å²) in [6, 6.07) is 9.49. The molecule has 0 aliphatic heterocycles. The fraction of sp³-hybridized carbons (Fsp3) is 0.250. The van der Waals surface area contributed by atoms with Crippen LogP contribution in [0.1, 0.15) is 35.6 Å². The summed E-state index contributed by atoms with van der Waals surface area (Å²) in [5, 5.41) is 8.03. The number of hydrogen-bond acceptors (Lipinski definition) is 4. The predicted octanol–water partition coefficient (Wildman–Crippen LogP) is 2.71.